The first-order valence-electron chi connectivity index (χ1n) is 8.35. The molecule has 4 aliphatic rings. The third-order valence-corrected chi connectivity index (χ3v) is 7.36. The number of ketones is 1. The molecular weight excluding hydrogens is 262 g/mol. The van der Waals surface area contributed by atoms with Crippen molar-refractivity contribution in [3.63, 3.8) is 0 Å². The summed E-state index contributed by atoms with van der Waals surface area (Å²) in [5.41, 5.74) is 0.00942. The van der Waals surface area contributed by atoms with Gasteiger partial charge in [0.25, 0.3) is 0 Å². The van der Waals surface area contributed by atoms with E-state index >= 15 is 0 Å². The van der Waals surface area contributed by atoms with Gasteiger partial charge in [-0.25, -0.2) is 0 Å². The van der Waals surface area contributed by atoms with E-state index < -0.39 is 5.60 Å². The van der Waals surface area contributed by atoms with Crippen molar-refractivity contribution in [2.24, 2.45) is 29.1 Å². The van der Waals surface area contributed by atoms with E-state index in [4.69, 9.17) is 0 Å². The topological polar surface area (TPSA) is 61.1 Å². The average molecular weight is 285 g/mol. The molecule has 0 amide bonds. The summed E-state index contributed by atoms with van der Waals surface area (Å²) < 4.78 is 0. The lowest BCUT2D eigenvalue weighted by atomic mass is 9.52. The van der Waals surface area contributed by atoms with Crippen LogP contribution in [0.25, 0.3) is 0 Å². The lowest BCUT2D eigenvalue weighted by Crippen LogP contribution is -2.51. The largest absolute Gasteiger partial charge is 0.375 e. The predicted octanol–water partition coefficient (Wildman–Crippen LogP) is 2.99. The summed E-state index contributed by atoms with van der Waals surface area (Å²) in [6, 6.07) is 2.22. The van der Waals surface area contributed by atoms with Gasteiger partial charge in [-0.05, 0) is 68.3 Å². The molecule has 3 saturated carbocycles. The molecule has 0 bridgehead atoms. The minimum absolute atomic E-state index is 0.243. The van der Waals surface area contributed by atoms with Crippen LogP contribution in [0.2, 0.25) is 0 Å². The molecule has 4 aliphatic carbocycles. The molecule has 0 radical (unpaired) electrons. The fourth-order valence-corrected chi connectivity index (χ4v) is 6.17. The number of rotatable bonds is 0. The maximum Gasteiger partial charge on any atom is 0.156 e. The van der Waals surface area contributed by atoms with Gasteiger partial charge in [0.1, 0.15) is 0 Å². The van der Waals surface area contributed by atoms with Gasteiger partial charge in [-0.15, -0.1) is 0 Å². The Hall–Kier alpha value is -1.14. The second-order valence-corrected chi connectivity index (χ2v) is 7.94. The summed E-state index contributed by atoms with van der Waals surface area (Å²) >= 11 is 0. The minimum Gasteiger partial charge on any atom is -0.375 e. The molecule has 3 nitrogen and oxygen atoms in total. The molecule has 0 saturated heterocycles. The van der Waals surface area contributed by atoms with Gasteiger partial charge in [0, 0.05) is 11.8 Å². The molecular formula is C18H23NO2. The van der Waals surface area contributed by atoms with Crippen LogP contribution in [0.3, 0.4) is 0 Å². The van der Waals surface area contributed by atoms with Crippen LogP contribution < -0.4 is 0 Å². The molecule has 0 aromatic carbocycles. The Morgan fingerprint density at radius 1 is 1.29 bits per heavy atom. The summed E-state index contributed by atoms with van der Waals surface area (Å²) in [7, 11) is 0. The summed E-state index contributed by atoms with van der Waals surface area (Å²) in [6.07, 6.45) is 8.40. The van der Waals surface area contributed by atoms with E-state index in [0.717, 1.165) is 32.1 Å². The van der Waals surface area contributed by atoms with Gasteiger partial charge in [-0.1, -0.05) is 12.5 Å². The standard InChI is InChI=1S/C18H23NO2/c1-17-6-4-13-14(16(17)5-7-18(17,21)10-19)3-2-11-8-12(20)9-15(11)13/h8,13-16,21H,2-7,9H2,1H3/t13-,14+,15-,16-,17-,18+/m0/s1. The van der Waals surface area contributed by atoms with Crippen LogP contribution in [-0.2, 0) is 4.79 Å². The zero-order valence-electron chi connectivity index (χ0n) is 12.6. The van der Waals surface area contributed by atoms with Crippen LogP contribution >= 0.6 is 0 Å². The Balaban J connectivity index is 1.66. The third-order valence-electron chi connectivity index (χ3n) is 7.36. The SMILES string of the molecule is C[C@]12CC[C@H]3[C@@H](CCC4=CC(=O)C[C@@H]43)[C@@H]1CC[C@@]2(O)C#N. The minimum atomic E-state index is -1.13. The van der Waals surface area contributed by atoms with Crippen LogP contribution in [0.4, 0.5) is 0 Å². The molecule has 0 aliphatic heterocycles. The first-order chi connectivity index (χ1) is 9.98. The van der Waals surface area contributed by atoms with Crippen molar-refractivity contribution in [1.29, 1.82) is 5.26 Å². The Morgan fingerprint density at radius 2 is 2.10 bits per heavy atom. The number of allylic oxidation sites excluding steroid dienone is 2. The zero-order chi connectivity index (χ0) is 14.8. The van der Waals surface area contributed by atoms with Crippen molar-refractivity contribution >= 4 is 5.78 Å². The number of nitrogens with zero attached hydrogens (tertiary/aromatic N) is 1. The molecule has 3 heteroatoms. The molecule has 0 heterocycles. The Kier molecular flexibility index (Phi) is 2.70. The van der Waals surface area contributed by atoms with Crippen molar-refractivity contribution in [1.82, 2.24) is 0 Å². The highest BCUT2D eigenvalue weighted by molar-refractivity contribution is 5.93. The van der Waals surface area contributed by atoms with Crippen molar-refractivity contribution in [3.8, 4) is 6.07 Å². The van der Waals surface area contributed by atoms with Crippen LogP contribution in [-0.4, -0.2) is 16.5 Å². The summed E-state index contributed by atoms with van der Waals surface area (Å²) in [6.45, 7) is 2.13. The number of nitriles is 1. The molecule has 0 aromatic rings. The smallest absolute Gasteiger partial charge is 0.156 e. The number of carbonyl (C=O) groups excluding carboxylic acids is 1. The lowest BCUT2D eigenvalue weighted by molar-refractivity contribution is -0.116. The van der Waals surface area contributed by atoms with E-state index in [1.807, 2.05) is 6.08 Å². The molecule has 0 spiro atoms. The number of carbonyl (C=O) groups is 1. The molecule has 112 valence electrons. The molecule has 0 aromatic heterocycles. The van der Waals surface area contributed by atoms with E-state index in [0.29, 0.717) is 42.3 Å². The summed E-state index contributed by atoms with van der Waals surface area (Å²) in [5.74, 6) is 2.44. The van der Waals surface area contributed by atoms with E-state index in [2.05, 4.69) is 13.0 Å². The molecule has 3 fully saturated rings. The van der Waals surface area contributed by atoms with Gasteiger partial charge in [0.05, 0.1) is 6.07 Å². The monoisotopic (exact) mass is 285 g/mol. The maximum absolute atomic E-state index is 11.8. The maximum atomic E-state index is 11.8. The van der Waals surface area contributed by atoms with Crippen LogP contribution in [0.1, 0.15) is 51.9 Å². The fourth-order valence-electron chi connectivity index (χ4n) is 6.17. The van der Waals surface area contributed by atoms with Crippen molar-refractivity contribution in [3.05, 3.63) is 11.6 Å². The first kappa shape index (κ1) is 13.5. The van der Waals surface area contributed by atoms with Gasteiger partial charge in [-0.2, -0.15) is 5.26 Å². The highest BCUT2D eigenvalue weighted by atomic mass is 16.3. The quantitative estimate of drug-likeness (QED) is 0.696. The Labute approximate surface area is 126 Å². The Bertz CT molecular complexity index is 574. The van der Waals surface area contributed by atoms with Crippen molar-refractivity contribution in [2.75, 3.05) is 0 Å². The summed E-state index contributed by atoms with van der Waals surface area (Å²) in [5, 5.41) is 20.2. The fraction of sp³-hybridized carbons (Fsp3) is 0.778. The lowest BCUT2D eigenvalue weighted by Gasteiger charge is -2.53. The molecule has 6 atom stereocenters. The average Bonchev–Trinajstić information content (AvgIpc) is 2.97. The summed E-state index contributed by atoms with van der Waals surface area (Å²) in [4.78, 5) is 11.8. The number of hydrogen-bond acceptors (Lipinski definition) is 3. The van der Waals surface area contributed by atoms with Crippen LogP contribution in [0.15, 0.2) is 11.6 Å². The van der Waals surface area contributed by atoms with Gasteiger partial charge in [0.15, 0.2) is 11.4 Å². The van der Waals surface area contributed by atoms with E-state index in [1.165, 1.54) is 5.57 Å². The van der Waals surface area contributed by atoms with Gasteiger partial charge < -0.3 is 5.11 Å². The van der Waals surface area contributed by atoms with Crippen molar-refractivity contribution < 1.29 is 9.90 Å². The molecule has 21 heavy (non-hydrogen) atoms. The first-order valence-corrected chi connectivity index (χ1v) is 8.35. The molecule has 1 N–H and O–H groups in total. The highest BCUT2D eigenvalue weighted by Crippen LogP contribution is 2.64. The second-order valence-electron chi connectivity index (χ2n) is 7.94. The number of fused-ring (bicyclic) bond motifs is 5. The van der Waals surface area contributed by atoms with Gasteiger partial charge in [0.2, 0.25) is 0 Å². The van der Waals surface area contributed by atoms with Crippen LogP contribution in [0, 0.1) is 40.4 Å². The van der Waals surface area contributed by atoms with Crippen LogP contribution in [0.5, 0.6) is 0 Å². The van der Waals surface area contributed by atoms with E-state index in [-0.39, 0.29) is 5.41 Å². The van der Waals surface area contributed by atoms with Gasteiger partial charge in [-0.3, -0.25) is 4.79 Å². The molecule has 0 unspecified atom stereocenters. The number of aliphatic hydroxyl groups is 1. The molecule has 4 rings (SSSR count). The highest BCUT2D eigenvalue weighted by Gasteiger charge is 2.63. The second kappa shape index (κ2) is 4.20. The Morgan fingerprint density at radius 3 is 2.86 bits per heavy atom. The van der Waals surface area contributed by atoms with Gasteiger partial charge >= 0.3 is 0 Å². The zero-order valence-corrected chi connectivity index (χ0v) is 12.6. The number of hydrogen-bond donors (Lipinski definition) is 1. The van der Waals surface area contributed by atoms with E-state index in [9.17, 15) is 15.2 Å². The normalized spacial score (nSPS) is 51.7. The van der Waals surface area contributed by atoms with Crippen molar-refractivity contribution in [2.45, 2.75) is 57.5 Å². The van der Waals surface area contributed by atoms with E-state index in [1.54, 1.807) is 0 Å². The predicted molar refractivity (Wildman–Crippen MR) is 78.0 cm³/mol. The third kappa shape index (κ3) is 1.60.